The van der Waals surface area contributed by atoms with Gasteiger partial charge in [-0.05, 0) is 46.6 Å². The van der Waals surface area contributed by atoms with Gasteiger partial charge in [0.1, 0.15) is 0 Å². The second kappa shape index (κ2) is 7.38. The molecule has 0 N–H and O–H groups in total. The number of rotatable bonds is 4. The van der Waals surface area contributed by atoms with Crippen LogP contribution in [0.25, 0.3) is 0 Å². The average Bonchev–Trinajstić information content (AvgIpc) is 2.44. The first-order valence-electron chi connectivity index (χ1n) is 9.49. The van der Waals surface area contributed by atoms with Crippen molar-refractivity contribution < 1.29 is 0 Å². The van der Waals surface area contributed by atoms with E-state index in [1.807, 2.05) is 0 Å². The van der Waals surface area contributed by atoms with E-state index in [1.54, 1.807) is 0 Å². The van der Waals surface area contributed by atoms with Crippen LogP contribution in [0.5, 0.6) is 0 Å². The molecule has 1 aromatic carbocycles. The summed E-state index contributed by atoms with van der Waals surface area (Å²) in [6.45, 7) is 20.3. The smallest absolute Gasteiger partial charge is 0.00130 e. The lowest BCUT2D eigenvalue weighted by Crippen LogP contribution is -2.41. The molecule has 1 aromatic rings. The summed E-state index contributed by atoms with van der Waals surface area (Å²) < 4.78 is 0. The van der Waals surface area contributed by atoms with Gasteiger partial charge in [0.2, 0.25) is 0 Å². The number of hydrogen-bond acceptors (Lipinski definition) is 1. The standard InChI is InChI=1S/C22H37N/c1-16-12-17(2)14-23(13-16)15-18(3)19(4)20-8-10-21(11-9-20)22(5,6)7/h8-11,16-19H,12-15H2,1-7H3. The van der Waals surface area contributed by atoms with E-state index >= 15 is 0 Å². The molecule has 1 heteroatoms. The van der Waals surface area contributed by atoms with E-state index in [4.69, 9.17) is 0 Å². The predicted octanol–water partition coefficient (Wildman–Crippen LogP) is 5.70. The fraction of sp³-hybridized carbons (Fsp3) is 0.727. The summed E-state index contributed by atoms with van der Waals surface area (Å²) >= 11 is 0. The first-order valence-corrected chi connectivity index (χ1v) is 9.49. The molecule has 1 fully saturated rings. The van der Waals surface area contributed by atoms with Crippen LogP contribution >= 0.6 is 0 Å². The van der Waals surface area contributed by atoms with Gasteiger partial charge in [0.25, 0.3) is 0 Å². The summed E-state index contributed by atoms with van der Waals surface area (Å²) in [4.78, 5) is 2.70. The van der Waals surface area contributed by atoms with Crippen molar-refractivity contribution in [2.45, 2.75) is 66.2 Å². The van der Waals surface area contributed by atoms with Crippen LogP contribution < -0.4 is 0 Å². The van der Waals surface area contributed by atoms with E-state index in [0.29, 0.717) is 11.8 Å². The van der Waals surface area contributed by atoms with Crippen LogP contribution in [0, 0.1) is 17.8 Å². The summed E-state index contributed by atoms with van der Waals surface area (Å²) in [6, 6.07) is 9.35. The lowest BCUT2D eigenvalue weighted by molar-refractivity contribution is 0.120. The Hall–Kier alpha value is -0.820. The molecule has 0 spiro atoms. The average molecular weight is 316 g/mol. The minimum absolute atomic E-state index is 0.244. The number of hydrogen-bond donors (Lipinski definition) is 0. The molecule has 130 valence electrons. The molecule has 1 aliphatic rings. The van der Waals surface area contributed by atoms with Crippen molar-refractivity contribution in [1.29, 1.82) is 0 Å². The summed E-state index contributed by atoms with van der Waals surface area (Å²) in [5.74, 6) is 3.03. The van der Waals surface area contributed by atoms with Crippen LogP contribution in [0.4, 0.5) is 0 Å². The lowest BCUT2D eigenvalue weighted by Gasteiger charge is -2.37. The molecule has 4 unspecified atom stereocenters. The van der Waals surface area contributed by atoms with Gasteiger partial charge in [-0.2, -0.15) is 0 Å². The van der Waals surface area contributed by atoms with Gasteiger partial charge in [0, 0.05) is 19.6 Å². The Labute approximate surface area is 144 Å². The molecular weight excluding hydrogens is 278 g/mol. The highest BCUT2D eigenvalue weighted by Crippen LogP contribution is 2.30. The fourth-order valence-corrected chi connectivity index (χ4v) is 4.12. The molecule has 2 rings (SSSR count). The zero-order chi connectivity index (χ0) is 17.2. The Morgan fingerprint density at radius 3 is 2.00 bits per heavy atom. The molecule has 0 saturated carbocycles. The summed E-state index contributed by atoms with van der Waals surface area (Å²) in [6.07, 6.45) is 1.40. The number of benzene rings is 1. The van der Waals surface area contributed by atoms with Gasteiger partial charge in [0.15, 0.2) is 0 Å². The van der Waals surface area contributed by atoms with E-state index in [9.17, 15) is 0 Å². The van der Waals surface area contributed by atoms with Crippen LogP contribution in [0.1, 0.15) is 71.9 Å². The molecule has 1 saturated heterocycles. The highest BCUT2D eigenvalue weighted by molar-refractivity contribution is 5.29. The van der Waals surface area contributed by atoms with Crippen molar-refractivity contribution in [3.05, 3.63) is 35.4 Å². The Balaban J connectivity index is 1.97. The second-order valence-electron chi connectivity index (χ2n) is 9.30. The molecule has 0 radical (unpaired) electrons. The van der Waals surface area contributed by atoms with E-state index in [1.165, 1.54) is 37.2 Å². The van der Waals surface area contributed by atoms with Gasteiger partial charge in [-0.15, -0.1) is 0 Å². The van der Waals surface area contributed by atoms with Crippen molar-refractivity contribution in [3.63, 3.8) is 0 Å². The van der Waals surface area contributed by atoms with E-state index in [0.717, 1.165) is 11.8 Å². The maximum Gasteiger partial charge on any atom is 0.00130 e. The first kappa shape index (κ1) is 18.5. The van der Waals surface area contributed by atoms with Gasteiger partial charge in [0.05, 0.1) is 0 Å². The van der Waals surface area contributed by atoms with E-state index in [-0.39, 0.29) is 5.41 Å². The largest absolute Gasteiger partial charge is 0.303 e. The summed E-state index contributed by atoms with van der Waals surface area (Å²) in [5, 5.41) is 0. The SMILES string of the molecule is CC1CC(C)CN(CC(C)C(C)c2ccc(C(C)(C)C)cc2)C1. The van der Waals surface area contributed by atoms with Crippen molar-refractivity contribution in [2.75, 3.05) is 19.6 Å². The molecule has 1 nitrogen and oxygen atoms in total. The fourth-order valence-electron chi connectivity index (χ4n) is 4.12. The van der Waals surface area contributed by atoms with Crippen LogP contribution in [0.3, 0.4) is 0 Å². The topological polar surface area (TPSA) is 3.24 Å². The summed E-state index contributed by atoms with van der Waals surface area (Å²) in [7, 11) is 0. The molecule has 23 heavy (non-hydrogen) atoms. The Bertz CT molecular complexity index is 472. The monoisotopic (exact) mass is 315 g/mol. The van der Waals surface area contributed by atoms with Crippen molar-refractivity contribution in [3.8, 4) is 0 Å². The molecule has 0 amide bonds. The van der Waals surface area contributed by atoms with Gasteiger partial charge < -0.3 is 4.90 Å². The number of piperidine rings is 1. The quantitative estimate of drug-likeness (QED) is 0.688. The normalized spacial score (nSPS) is 26.0. The number of likely N-dealkylation sites (tertiary alicyclic amines) is 1. The molecule has 0 bridgehead atoms. The second-order valence-corrected chi connectivity index (χ2v) is 9.30. The Morgan fingerprint density at radius 2 is 1.52 bits per heavy atom. The number of nitrogens with zero attached hydrogens (tertiary/aromatic N) is 1. The van der Waals surface area contributed by atoms with Gasteiger partial charge in [-0.3, -0.25) is 0 Å². The van der Waals surface area contributed by atoms with Crippen LogP contribution in [0.2, 0.25) is 0 Å². The third-order valence-electron chi connectivity index (χ3n) is 5.65. The maximum absolute atomic E-state index is 2.70. The van der Waals surface area contributed by atoms with Gasteiger partial charge in [-0.25, -0.2) is 0 Å². The van der Waals surface area contributed by atoms with Gasteiger partial charge >= 0.3 is 0 Å². The third kappa shape index (κ3) is 5.08. The van der Waals surface area contributed by atoms with Crippen molar-refractivity contribution in [2.24, 2.45) is 17.8 Å². The minimum Gasteiger partial charge on any atom is -0.303 e. The van der Waals surface area contributed by atoms with E-state index < -0.39 is 0 Å². The zero-order valence-electron chi connectivity index (χ0n) is 16.4. The van der Waals surface area contributed by atoms with Crippen molar-refractivity contribution >= 4 is 0 Å². The lowest BCUT2D eigenvalue weighted by atomic mass is 9.83. The van der Waals surface area contributed by atoms with Crippen LogP contribution in [0.15, 0.2) is 24.3 Å². The highest BCUT2D eigenvalue weighted by Gasteiger charge is 2.25. The first-order chi connectivity index (χ1) is 10.7. The van der Waals surface area contributed by atoms with Crippen LogP contribution in [-0.2, 0) is 5.41 Å². The molecular formula is C22H37N. The predicted molar refractivity (Wildman–Crippen MR) is 102 cm³/mol. The molecule has 1 aliphatic heterocycles. The molecule has 0 aliphatic carbocycles. The molecule has 0 aromatic heterocycles. The molecule has 1 heterocycles. The van der Waals surface area contributed by atoms with Gasteiger partial charge in [-0.1, -0.05) is 72.7 Å². The maximum atomic E-state index is 2.70. The zero-order valence-corrected chi connectivity index (χ0v) is 16.4. The van der Waals surface area contributed by atoms with E-state index in [2.05, 4.69) is 77.6 Å². The summed E-state index contributed by atoms with van der Waals surface area (Å²) in [5.41, 5.74) is 3.16. The molecule has 4 atom stereocenters. The third-order valence-corrected chi connectivity index (χ3v) is 5.65. The van der Waals surface area contributed by atoms with Crippen molar-refractivity contribution in [1.82, 2.24) is 4.90 Å². The highest BCUT2D eigenvalue weighted by atomic mass is 15.1. The Morgan fingerprint density at radius 1 is 1.00 bits per heavy atom. The van der Waals surface area contributed by atoms with Crippen LogP contribution in [-0.4, -0.2) is 24.5 Å². The minimum atomic E-state index is 0.244. The Kier molecular flexibility index (Phi) is 5.94.